The molecule has 3 aromatic rings. The molecule has 1 aromatic carbocycles. The van der Waals surface area contributed by atoms with E-state index in [-0.39, 0.29) is 0 Å². The number of nitrogens with one attached hydrogen (secondary N) is 1. The van der Waals surface area contributed by atoms with Gasteiger partial charge >= 0.3 is 0 Å². The monoisotopic (exact) mass is 312 g/mol. The fourth-order valence-electron chi connectivity index (χ4n) is 1.93. The molecule has 0 radical (unpaired) electrons. The first-order valence-corrected chi connectivity index (χ1v) is 8.02. The van der Waals surface area contributed by atoms with Crippen LogP contribution in [0.5, 0.6) is 5.75 Å². The molecule has 0 bridgehead atoms. The highest BCUT2D eigenvalue weighted by Gasteiger charge is 2.07. The highest BCUT2D eigenvalue weighted by molar-refractivity contribution is 7.98. The smallest absolute Gasteiger partial charge is 0.184 e. The third-order valence-corrected chi connectivity index (χ3v) is 3.87. The molecule has 0 aliphatic heterocycles. The van der Waals surface area contributed by atoms with Gasteiger partial charge in [0.15, 0.2) is 11.0 Å². The van der Waals surface area contributed by atoms with Crippen LogP contribution in [0.3, 0.4) is 0 Å². The summed E-state index contributed by atoms with van der Waals surface area (Å²) in [6.45, 7) is 2.63. The highest BCUT2D eigenvalue weighted by Crippen LogP contribution is 2.23. The summed E-state index contributed by atoms with van der Waals surface area (Å²) < 4.78 is 5.43. The van der Waals surface area contributed by atoms with Gasteiger partial charge in [0.1, 0.15) is 5.75 Å². The number of hydrogen-bond donors (Lipinski definition) is 1. The standard InChI is InChI=1S/C16H16N4OS/c1-2-21-14-8-6-12(7-9-14)15-18-16(20-19-15)22-11-13-5-3-4-10-17-13/h3-10H,2,11H2,1H3,(H,18,19,20). The molecule has 5 nitrogen and oxygen atoms in total. The van der Waals surface area contributed by atoms with E-state index in [4.69, 9.17) is 4.74 Å². The lowest BCUT2D eigenvalue weighted by Crippen LogP contribution is -1.90. The zero-order chi connectivity index (χ0) is 15.2. The van der Waals surface area contributed by atoms with Crippen molar-refractivity contribution < 1.29 is 4.74 Å². The van der Waals surface area contributed by atoms with Crippen molar-refractivity contribution in [1.29, 1.82) is 0 Å². The molecule has 0 saturated heterocycles. The number of aromatic nitrogens is 4. The van der Waals surface area contributed by atoms with E-state index in [1.54, 1.807) is 18.0 Å². The van der Waals surface area contributed by atoms with Crippen LogP contribution in [-0.2, 0) is 5.75 Å². The molecule has 0 aliphatic rings. The Balaban J connectivity index is 1.65. The third kappa shape index (κ3) is 3.65. The zero-order valence-corrected chi connectivity index (χ0v) is 13.0. The predicted octanol–water partition coefficient (Wildman–Crippen LogP) is 3.56. The van der Waals surface area contributed by atoms with E-state index in [0.717, 1.165) is 27.9 Å². The average Bonchev–Trinajstić information content (AvgIpc) is 3.04. The molecule has 22 heavy (non-hydrogen) atoms. The summed E-state index contributed by atoms with van der Waals surface area (Å²) in [4.78, 5) is 8.79. The van der Waals surface area contributed by atoms with Gasteiger partial charge in [-0.15, -0.1) is 0 Å². The second-order valence-corrected chi connectivity index (χ2v) is 5.50. The Bertz CT molecular complexity index is 713. The Morgan fingerprint density at radius 3 is 2.73 bits per heavy atom. The van der Waals surface area contributed by atoms with Gasteiger partial charge in [-0.1, -0.05) is 17.8 Å². The Labute approximate surface area is 133 Å². The second-order valence-electron chi connectivity index (χ2n) is 4.53. The van der Waals surface area contributed by atoms with E-state index in [2.05, 4.69) is 20.2 Å². The van der Waals surface area contributed by atoms with Gasteiger partial charge < -0.3 is 4.74 Å². The summed E-state index contributed by atoms with van der Waals surface area (Å²) >= 11 is 1.58. The molecule has 6 heteroatoms. The molecule has 3 rings (SSSR count). The van der Waals surface area contributed by atoms with Crippen molar-refractivity contribution >= 4 is 11.8 Å². The van der Waals surface area contributed by atoms with Crippen LogP contribution in [0.4, 0.5) is 0 Å². The molecule has 2 aromatic heterocycles. The van der Waals surface area contributed by atoms with Crippen LogP contribution in [-0.4, -0.2) is 26.8 Å². The maximum Gasteiger partial charge on any atom is 0.184 e. The van der Waals surface area contributed by atoms with E-state index in [0.29, 0.717) is 12.4 Å². The molecular weight excluding hydrogens is 296 g/mol. The number of H-pyrrole nitrogens is 1. The van der Waals surface area contributed by atoms with Crippen molar-refractivity contribution in [3.63, 3.8) is 0 Å². The average molecular weight is 312 g/mol. The molecule has 0 spiro atoms. The van der Waals surface area contributed by atoms with Crippen molar-refractivity contribution in [1.82, 2.24) is 20.2 Å². The number of thioether (sulfide) groups is 1. The SMILES string of the molecule is CCOc1ccc(-c2n[nH]c(SCc3ccccn3)n2)cc1. The Morgan fingerprint density at radius 1 is 1.14 bits per heavy atom. The second kappa shape index (κ2) is 7.09. The van der Waals surface area contributed by atoms with E-state index >= 15 is 0 Å². The first kappa shape index (κ1) is 14.6. The summed E-state index contributed by atoms with van der Waals surface area (Å²) in [6.07, 6.45) is 1.79. The molecule has 1 N–H and O–H groups in total. The largest absolute Gasteiger partial charge is 0.494 e. The quantitative estimate of drug-likeness (QED) is 0.705. The number of hydrogen-bond acceptors (Lipinski definition) is 5. The molecule has 0 aliphatic carbocycles. The van der Waals surface area contributed by atoms with Gasteiger partial charge in [0.2, 0.25) is 0 Å². The minimum Gasteiger partial charge on any atom is -0.494 e. The summed E-state index contributed by atoms with van der Waals surface area (Å²) in [6, 6.07) is 13.7. The van der Waals surface area contributed by atoms with Crippen molar-refractivity contribution in [3.05, 3.63) is 54.4 Å². The van der Waals surface area contributed by atoms with Crippen molar-refractivity contribution in [2.75, 3.05) is 6.61 Å². The number of ether oxygens (including phenoxy) is 1. The summed E-state index contributed by atoms with van der Waals surface area (Å²) in [7, 11) is 0. The minimum atomic E-state index is 0.661. The molecule has 0 saturated carbocycles. The Kier molecular flexibility index (Phi) is 4.70. The number of pyridine rings is 1. The van der Waals surface area contributed by atoms with Crippen molar-refractivity contribution in [2.45, 2.75) is 17.8 Å². The number of rotatable bonds is 6. The highest BCUT2D eigenvalue weighted by atomic mass is 32.2. The lowest BCUT2D eigenvalue weighted by Gasteiger charge is -2.02. The number of benzene rings is 1. The Hall–Kier alpha value is -2.34. The molecule has 0 amide bonds. The van der Waals surface area contributed by atoms with Gasteiger partial charge in [-0.25, -0.2) is 4.98 Å². The van der Waals surface area contributed by atoms with E-state index in [1.165, 1.54) is 0 Å². The lowest BCUT2D eigenvalue weighted by atomic mass is 10.2. The summed E-state index contributed by atoms with van der Waals surface area (Å²) in [5.41, 5.74) is 1.98. The van der Waals surface area contributed by atoms with Gasteiger partial charge in [-0.05, 0) is 43.3 Å². The van der Waals surface area contributed by atoms with Gasteiger partial charge in [0.25, 0.3) is 0 Å². The molecule has 2 heterocycles. The number of nitrogens with zero attached hydrogens (tertiary/aromatic N) is 3. The molecule has 112 valence electrons. The van der Waals surface area contributed by atoms with Crippen molar-refractivity contribution in [2.24, 2.45) is 0 Å². The van der Waals surface area contributed by atoms with Crippen molar-refractivity contribution in [3.8, 4) is 17.1 Å². The van der Waals surface area contributed by atoms with Crippen LogP contribution in [0.25, 0.3) is 11.4 Å². The van der Waals surface area contributed by atoms with Crippen LogP contribution >= 0.6 is 11.8 Å². The molecule has 0 atom stereocenters. The molecule has 0 unspecified atom stereocenters. The maximum atomic E-state index is 5.43. The Morgan fingerprint density at radius 2 is 2.00 bits per heavy atom. The topological polar surface area (TPSA) is 63.7 Å². The van der Waals surface area contributed by atoms with Gasteiger partial charge in [-0.3, -0.25) is 10.1 Å². The first-order valence-electron chi connectivity index (χ1n) is 7.03. The third-order valence-electron chi connectivity index (χ3n) is 2.97. The normalized spacial score (nSPS) is 10.6. The van der Waals surface area contributed by atoms with Gasteiger partial charge in [0.05, 0.1) is 12.3 Å². The molecule has 0 fully saturated rings. The number of aromatic amines is 1. The van der Waals surface area contributed by atoms with Crippen LogP contribution in [0.2, 0.25) is 0 Å². The maximum absolute atomic E-state index is 5.43. The lowest BCUT2D eigenvalue weighted by molar-refractivity contribution is 0.340. The van der Waals surface area contributed by atoms with Gasteiger partial charge in [-0.2, -0.15) is 5.10 Å². The summed E-state index contributed by atoms with van der Waals surface area (Å²) in [5, 5.41) is 8.00. The fourth-order valence-corrected chi connectivity index (χ4v) is 2.65. The van der Waals surface area contributed by atoms with E-state index < -0.39 is 0 Å². The zero-order valence-electron chi connectivity index (χ0n) is 12.2. The molecular formula is C16H16N4OS. The first-order chi connectivity index (χ1) is 10.8. The fraction of sp³-hybridized carbons (Fsp3) is 0.188. The van der Waals surface area contributed by atoms with Crippen LogP contribution in [0.15, 0.2) is 53.8 Å². The van der Waals surface area contributed by atoms with Crippen LogP contribution in [0.1, 0.15) is 12.6 Å². The predicted molar refractivity (Wildman–Crippen MR) is 86.8 cm³/mol. The van der Waals surface area contributed by atoms with Crippen LogP contribution in [0, 0.1) is 0 Å². The summed E-state index contributed by atoms with van der Waals surface area (Å²) in [5.74, 6) is 2.30. The minimum absolute atomic E-state index is 0.661. The van der Waals surface area contributed by atoms with E-state index in [9.17, 15) is 0 Å². The van der Waals surface area contributed by atoms with E-state index in [1.807, 2.05) is 49.4 Å². The van der Waals surface area contributed by atoms with Crippen LogP contribution < -0.4 is 4.74 Å². The van der Waals surface area contributed by atoms with Gasteiger partial charge in [0, 0.05) is 17.5 Å².